The highest BCUT2D eigenvalue weighted by Crippen LogP contribution is 2.26. The number of nitrogens with one attached hydrogen (secondary N) is 2. The number of benzene rings is 1. The van der Waals surface area contributed by atoms with Crippen molar-refractivity contribution in [3.05, 3.63) is 34.9 Å². The van der Waals surface area contributed by atoms with Gasteiger partial charge in [-0.15, -0.1) is 0 Å². The fraction of sp³-hybridized carbons (Fsp3) is 0.611. The molecule has 4 nitrogen and oxygen atoms in total. The van der Waals surface area contributed by atoms with Crippen LogP contribution >= 0.6 is 0 Å². The lowest BCUT2D eigenvalue weighted by molar-refractivity contribution is -0.134. The number of carbonyl (C=O) groups excluding carboxylic acids is 1. The number of piperidine rings is 1. The SMILES string of the molecule is Cc1ccc(C2CC(C(=O)N3CCCC(C)C3)NN2)cc1C. The van der Waals surface area contributed by atoms with Gasteiger partial charge in [0.15, 0.2) is 0 Å². The van der Waals surface area contributed by atoms with Crippen LogP contribution in [-0.2, 0) is 4.79 Å². The number of hydrogen-bond acceptors (Lipinski definition) is 3. The summed E-state index contributed by atoms with van der Waals surface area (Å²) in [6, 6.07) is 6.67. The quantitative estimate of drug-likeness (QED) is 0.882. The number of hydrogen-bond donors (Lipinski definition) is 2. The molecule has 0 radical (unpaired) electrons. The molecule has 2 aliphatic heterocycles. The average Bonchev–Trinajstić information content (AvgIpc) is 2.99. The van der Waals surface area contributed by atoms with Gasteiger partial charge in [0.2, 0.25) is 5.91 Å². The van der Waals surface area contributed by atoms with Gasteiger partial charge in [0, 0.05) is 19.1 Å². The summed E-state index contributed by atoms with van der Waals surface area (Å²) in [6.07, 6.45) is 3.20. The zero-order valence-corrected chi connectivity index (χ0v) is 13.9. The predicted molar refractivity (Wildman–Crippen MR) is 88.3 cm³/mol. The molecule has 1 amide bonds. The third-order valence-corrected chi connectivity index (χ3v) is 5.10. The average molecular weight is 301 g/mol. The lowest BCUT2D eigenvalue weighted by Gasteiger charge is -2.32. The van der Waals surface area contributed by atoms with Gasteiger partial charge in [-0.1, -0.05) is 25.1 Å². The van der Waals surface area contributed by atoms with Crippen LogP contribution in [0, 0.1) is 19.8 Å². The topological polar surface area (TPSA) is 44.4 Å². The van der Waals surface area contributed by atoms with E-state index >= 15 is 0 Å². The van der Waals surface area contributed by atoms with Crippen molar-refractivity contribution in [2.45, 2.75) is 52.1 Å². The summed E-state index contributed by atoms with van der Waals surface area (Å²) in [6.45, 7) is 8.32. The molecule has 0 saturated carbocycles. The Morgan fingerprint density at radius 2 is 2.05 bits per heavy atom. The summed E-state index contributed by atoms with van der Waals surface area (Å²) in [4.78, 5) is 14.7. The van der Waals surface area contributed by atoms with Gasteiger partial charge in [-0.05, 0) is 55.7 Å². The minimum absolute atomic E-state index is 0.100. The van der Waals surface area contributed by atoms with Gasteiger partial charge in [0.05, 0.1) is 0 Å². The van der Waals surface area contributed by atoms with E-state index in [-0.39, 0.29) is 18.0 Å². The molecule has 2 aliphatic rings. The highest BCUT2D eigenvalue weighted by atomic mass is 16.2. The number of amides is 1. The predicted octanol–water partition coefficient (Wildman–Crippen LogP) is 2.47. The number of carbonyl (C=O) groups is 1. The van der Waals surface area contributed by atoms with Gasteiger partial charge in [-0.3, -0.25) is 4.79 Å². The summed E-state index contributed by atoms with van der Waals surface area (Å²) < 4.78 is 0. The first kappa shape index (κ1) is 15.5. The Labute approximate surface area is 133 Å². The lowest BCUT2D eigenvalue weighted by Crippen LogP contribution is -2.48. The Morgan fingerprint density at radius 3 is 2.77 bits per heavy atom. The van der Waals surface area contributed by atoms with Gasteiger partial charge in [0.1, 0.15) is 6.04 Å². The molecule has 2 N–H and O–H groups in total. The van der Waals surface area contributed by atoms with Crippen molar-refractivity contribution < 1.29 is 4.79 Å². The first-order chi connectivity index (χ1) is 10.5. The van der Waals surface area contributed by atoms with Crippen molar-refractivity contribution in [2.24, 2.45) is 5.92 Å². The minimum Gasteiger partial charge on any atom is -0.341 e. The Morgan fingerprint density at radius 1 is 1.23 bits per heavy atom. The second-order valence-electron chi connectivity index (χ2n) is 7.00. The van der Waals surface area contributed by atoms with Gasteiger partial charge in [-0.25, -0.2) is 10.9 Å². The molecule has 1 aromatic rings. The van der Waals surface area contributed by atoms with Crippen molar-refractivity contribution in [1.29, 1.82) is 0 Å². The standard InChI is InChI=1S/C18H27N3O/c1-12-5-4-8-21(11-12)18(22)17-10-16(19-20-17)15-7-6-13(2)14(3)9-15/h6-7,9,12,16-17,19-20H,4-5,8,10-11H2,1-3H3. The Balaban J connectivity index is 1.64. The summed E-state index contributed by atoms with van der Waals surface area (Å²) in [5.41, 5.74) is 10.4. The van der Waals surface area contributed by atoms with Crippen LogP contribution in [0.3, 0.4) is 0 Å². The second kappa shape index (κ2) is 6.39. The summed E-state index contributed by atoms with van der Waals surface area (Å²) >= 11 is 0. The van der Waals surface area contributed by atoms with Crippen LogP contribution in [0.2, 0.25) is 0 Å². The Hall–Kier alpha value is -1.39. The van der Waals surface area contributed by atoms with E-state index in [2.05, 4.69) is 49.8 Å². The molecular weight excluding hydrogens is 274 g/mol. The number of aryl methyl sites for hydroxylation is 2. The van der Waals surface area contributed by atoms with Crippen LogP contribution in [0.4, 0.5) is 0 Å². The largest absolute Gasteiger partial charge is 0.341 e. The fourth-order valence-corrected chi connectivity index (χ4v) is 3.53. The van der Waals surface area contributed by atoms with Gasteiger partial charge in [-0.2, -0.15) is 0 Å². The molecule has 120 valence electrons. The lowest BCUT2D eigenvalue weighted by atomic mass is 9.96. The number of rotatable bonds is 2. The van der Waals surface area contributed by atoms with Crippen molar-refractivity contribution in [1.82, 2.24) is 15.8 Å². The highest BCUT2D eigenvalue weighted by molar-refractivity contribution is 5.82. The van der Waals surface area contributed by atoms with Crippen molar-refractivity contribution >= 4 is 5.91 Å². The Kier molecular flexibility index (Phi) is 4.50. The molecule has 3 rings (SSSR count). The minimum atomic E-state index is -0.100. The summed E-state index contributed by atoms with van der Waals surface area (Å²) in [5.74, 6) is 0.882. The maximum absolute atomic E-state index is 12.7. The molecule has 2 fully saturated rings. The van der Waals surface area contributed by atoms with Crippen LogP contribution in [0.25, 0.3) is 0 Å². The third-order valence-electron chi connectivity index (χ3n) is 5.10. The molecule has 0 bridgehead atoms. The molecule has 1 aromatic carbocycles. The number of likely N-dealkylation sites (tertiary alicyclic amines) is 1. The van der Waals surface area contributed by atoms with Crippen LogP contribution < -0.4 is 10.9 Å². The van der Waals surface area contributed by atoms with Crippen molar-refractivity contribution in [2.75, 3.05) is 13.1 Å². The zero-order chi connectivity index (χ0) is 15.7. The van der Waals surface area contributed by atoms with E-state index in [0.29, 0.717) is 5.92 Å². The van der Waals surface area contributed by atoms with Gasteiger partial charge in [0.25, 0.3) is 0 Å². The van der Waals surface area contributed by atoms with Crippen LogP contribution in [-0.4, -0.2) is 29.9 Å². The fourth-order valence-electron chi connectivity index (χ4n) is 3.53. The van der Waals surface area contributed by atoms with E-state index in [1.54, 1.807) is 0 Å². The molecule has 3 atom stereocenters. The van der Waals surface area contributed by atoms with Crippen molar-refractivity contribution in [3.63, 3.8) is 0 Å². The first-order valence-electron chi connectivity index (χ1n) is 8.41. The molecule has 2 heterocycles. The molecule has 2 saturated heterocycles. The van der Waals surface area contributed by atoms with Crippen LogP contribution in [0.15, 0.2) is 18.2 Å². The highest BCUT2D eigenvalue weighted by Gasteiger charge is 2.34. The maximum Gasteiger partial charge on any atom is 0.241 e. The van der Waals surface area contributed by atoms with Crippen molar-refractivity contribution in [3.8, 4) is 0 Å². The molecule has 0 aliphatic carbocycles. The molecule has 0 aromatic heterocycles. The smallest absolute Gasteiger partial charge is 0.241 e. The third kappa shape index (κ3) is 3.18. The summed E-state index contributed by atoms with van der Waals surface area (Å²) in [7, 11) is 0. The normalized spacial score (nSPS) is 28.9. The summed E-state index contributed by atoms with van der Waals surface area (Å²) in [5, 5.41) is 0. The van der Waals surface area contributed by atoms with Gasteiger partial charge < -0.3 is 4.90 Å². The van der Waals surface area contributed by atoms with Crippen LogP contribution in [0.5, 0.6) is 0 Å². The zero-order valence-electron chi connectivity index (χ0n) is 13.9. The maximum atomic E-state index is 12.7. The monoisotopic (exact) mass is 301 g/mol. The number of hydrazine groups is 1. The van der Waals surface area contributed by atoms with E-state index in [1.165, 1.54) is 23.1 Å². The van der Waals surface area contributed by atoms with E-state index in [0.717, 1.165) is 25.9 Å². The Bertz CT molecular complexity index is 557. The van der Waals surface area contributed by atoms with E-state index in [1.807, 2.05) is 4.90 Å². The molecule has 4 heteroatoms. The van der Waals surface area contributed by atoms with Gasteiger partial charge >= 0.3 is 0 Å². The number of nitrogens with zero attached hydrogens (tertiary/aromatic N) is 1. The first-order valence-corrected chi connectivity index (χ1v) is 8.41. The molecular formula is C18H27N3O. The van der Waals surface area contributed by atoms with Crippen LogP contribution in [0.1, 0.15) is 48.9 Å². The van der Waals surface area contributed by atoms with E-state index in [4.69, 9.17) is 0 Å². The second-order valence-corrected chi connectivity index (χ2v) is 7.00. The molecule has 22 heavy (non-hydrogen) atoms. The molecule has 3 unspecified atom stereocenters. The van der Waals surface area contributed by atoms with E-state index in [9.17, 15) is 4.79 Å². The molecule has 0 spiro atoms. The van der Waals surface area contributed by atoms with E-state index < -0.39 is 0 Å².